The molecule has 0 saturated heterocycles. The highest BCUT2D eigenvalue weighted by atomic mass is 32.3. The number of halogens is 10. The molecule has 190 valence electrons. The van der Waals surface area contributed by atoms with E-state index < -0.39 is 42.9 Å². The van der Waals surface area contributed by atoms with E-state index in [4.69, 9.17) is 4.74 Å². The van der Waals surface area contributed by atoms with E-state index in [0.717, 1.165) is 11.2 Å². The summed E-state index contributed by atoms with van der Waals surface area (Å²) < 4.78 is 167. The first-order chi connectivity index (χ1) is 13.4. The molecule has 0 spiro atoms. The zero-order valence-electron chi connectivity index (χ0n) is 16.4. The Morgan fingerprint density at radius 3 is 1.06 bits per heavy atom. The molecular formula is C12H20F10N2O5S2. The molecule has 0 atom stereocenters. The smallest absolute Gasteiger partial charge is 0.425 e. The standard InChI is InChI=1S/C8H20NO.C4F10NO4S2/c1-5-9(6-2,7-3)8-10-4;5-1(6,7)3(11,12)20(16,17)15-21(18,19)4(13,14)2(8,9)10/h5-8H2,1-4H3;/q+1;-1. The summed E-state index contributed by atoms with van der Waals surface area (Å²) in [6, 6.07) is 0. The van der Waals surface area contributed by atoms with Crippen LogP contribution in [0.2, 0.25) is 0 Å². The van der Waals surface area contributed by atoms with Gasteiger partial charge in [0.05, 0.1) is 19.6 Å². The number of quaternary nitrogens is 1. The third-order valence-electron chi connectivity index (χ3n) is 3.92. The molecule has 0 radical (unpaired) electrons. The van der Waals surface area contributed by atoms with Crippen LogP contribution in [0.3, 0.4) is 0 Å². The lowest BCUT2D eigenvalue weighted by Crippen LogP contribution is -2.48. The molecule has 0 aromatic carbocycles. The van der Waals surface area contributed by atoms with E-state index in [0.29, 0.717) is 4.13 Å². The summed E-state index contributed by atoms with van der Waals surface area (Å²) >= 11 is 0. The number of hydrogen-bond acceptors (Lipinski definition) is 5. The zero-order valence-corrected chi connectivity index (χ0v) is 18.0. The van der Waals surface area contributed by atoms with Crippen LogP contribution in [-0.4, -0.2) is 77.7 Å². The molecule has 19 heteroatoms. The Labute approximate surface area is 172 Å². The largest absolute Gasteiger partial charge is 0.467 e. The quantitative estimate of drug-likeness (QED) is 0.259. The van der Waals surface area contributed by atoms with Crippen LogP contribution in [0.25, 0.3) is 4.13 Å². The van der Waals surface area contributed by atoms with Crippen LogP contribution in [0.4, 0.5) is 43.9 Å². The summed E-state index contributed by atoms with van der Waals surface area (Å²) in [6.07, 6.45) is -14.0. The van der Waals surface area contributed by atoms with Crippen LogP contribution in [0.15, 0.2) is 0 Å². The summed E-state index contributed by atoms with van der Waals surface area (Å²) in [6.45, 7) is 11.0. The lowest BCUT2D eigenvalue weighted by molar-refractivity contribution is -0.940. The van der Waals surface area contributed by atoms with Crippen molar-refractivity contribution in [3.05, 3.63) is 4.13 Å². The minimum Gasteiger partial charge on any atom is -0.425 e. The first-order valence-corrected chi connectivity index (χ1v) is 10.8. The van der Waals surface area contributed by atoms with Gasteiger partial charge in [-0.2, -0.15) is 43.9 Å². The second kappa shape index (κ2) is 10.3. The number of nitrogens with zero attached hydrogens (tertiary/aromatic N) is 2. The molecule has 0 bridgehead atoms. The molecular weight excluding hydrogens is 506 g/mol. The van der Waals surface area contributed by atoms with E-state index in [1.165, 1.54) is 19.6 Å². The molecule has 0 aliphatic rings. The second-order valence-electron chi connectivity index (χ2n) is 5.76. The first-order valence-electron chi connectivity index (χ1n) is 7.91. The maximum Gasteiger partial charge on any atom is 0.467 e. The van der Waals surface area contributed by atoms with Gasteiger partial charge in [-0.05, 0) is 20.8 Å². The van der Waals surface area contributed by atoms with Gasteiger partial charge in [0, 0.05) is 7.11 Å². The number of rotatable bonds is 9. The van der Waals surface area contributed by atoms with Gasteiger partial charge in [-0.25, -0.2) is 16.8 Å². The van der Waals surface area contributed by atoms with Gasteiger partial charge in [-0.15, -0.1) is 0 Å². The van der Waals surface area contributed by atoms with Crippen LogP contribution in [0.5, 0.6) is 0 Å². The molecule has 0 aliphatic carbocycles. The number of ether oxygens (including phenoxy) is 1. The molecule has 31 heavy (non-hydrogen) atoms. The van der Waals surface area contributed by atoms with Crippen molar-refractivity contribution in [1.82, 2.24) is 0 Å². The van der Waals surface area contributed by atoms with E-state index >= 15 is 0 Å². The second-order valence-corrected chi connectivity index (χ2v) is 9.28. The molecule has 7 nitrogen and oxygen atoms in total. The zero-order chi connectivity index (χ0) is 25.7. The number of sulfonamides is 2. The van der Waals surface area contributed by atoms with E-state index in [1.54, 1.807) is 7.11 Å². The number of methoxy groups -OCH3 is 1. The lowest BCUT2D eigenvalue weighted by atomic mass is 10.4. The van der Waals surface area contributed by atoms with Crippen molar-refractivity contribution < 1.29 is 70.0 Å². The molecule has 0 aliphatic heterocycles. The molecule has 0 aromatic rings. The van der Waals surface area contributed by atoms with E-state index in [1.807, 2.05) is 0 Å². The Kier molecular flexibility index (Phi) is 10.8. The van der Waals surface area contributed by atoms with E-state index in [2.05, 4.69) is 20.8 Å². The minimum atomic E-state index is -7.62. The van der Waals surface area contributed by atoms with Gasteiger partial charge in [0.2, 0.25) is 0 Å². The highest BCUT2D eigenvalue weighted by Crippen LogP contribution is 2.47. The van der Waals surface area contributed by atoms with Crippen molar-refractivity contribution in [2.45, 2.75) is 43.6 Å². The Hall–Kier alpha value is -0.920. The average molecular weight is 526 g/mol. The van der Waals surface area contributed by atoms with Crippen LogP contribution in [0.1, 0.15) is 20.8 Å². The van der Waals surface area contributed by atoms with E-state index in [9.17, 15) is 60.7 Å². The van der Waals surface area contributed by atoms with Crippen LogP contribution < -0.4 is 0 Å². The fourth-order valence-electron chi connectivity index (χ4n) is 1.73. The molecule has 0 saturated carbocycles. The molecule has 0 rings (SSSR count). The van der Waals surface area contributed by atoms with Crippen LogP contribution >= 0.6 is 0 Å². The Morgan fingerprint density at radius 1 is 0.677 bits per heavy atom. The van der Waals surface area contributed by atoms with E-state index in [-0.39, 0.29) is 0 Å². The maximum atomic E-state index is 12.3. The SMILES string of the molecule is CC[N+](CC)(CC)COC.O=S(=O)([N-]S(=O)(=O)C(F)(F)C(F)(F)F)C(F)(F)C(F)(F)F. The summed E-state index contributed by atoms with van der Waals surface area (Å²) in [5.74, 6) is 0. The number of hydrogen-bond donors (Lipinski definition) is 0. The third kappa shape index (κ3) is 7.29. The molecule has 0 unspecified atom stereocenters. The summed E-state index contributed by atoms with van der Waals surface area (Å²) in [4.78, 5) is 0. The third-order valence-corrected chi connectivity index (χ3v) is 7.25. The monoisotopic (exact) mass is 526 g/mol. The molecule has 0 amide bonds. The summed E-state index contributed by atoms with van der Waals surface area (Å²) in [5, 5.41) is -14.0. The predicted octanol–water partition coefficient (Wildman–Crippen LogP) is 3.80. The maximum absolute atomic E-state index is 12.3. The van der Waals surface area contributed by atoms with Gasteiger partial charge >= 0.3 is 22.9 Å². The lowest BCUT2D eigenvalue weighted by Gasteiger charge is -2.34. The summed E-state index contributed by atoms with van der Waals surface area (Å²) in [5.41, 5.74) is 0. The average Bonchev–Trinajstić information content (AvgIpc) is 2.57. The molecule has 0 aromatic heterocycles. The Bertz CT molecular complexity index is 712. The van der Waals surface area contributed by atoms with Gasteiger partial charge in [0.25, 0.3) is 0 Å². The number of alkyl halides is 10. The van der Waals surface area contributed by atoms with Gasteiger partial charge in [-0.1, -0.05) is 0 Å². The fourth-order valence-corrected chi connectivity index (χ4v) is 4.10. The van der Waals surface area contributed by atoms with Gasteiger partial charge < -0.3 is 13.3 Å². The molecule has 0 fully saturated rings. The normalized spacial score (nSPS) is 14.8. The molecule has 0 N–H and O–H groups in total. The van der Waals surface area contributed by atoms with Gasteiger partial charge in [0.1, 0.15) is 0 Å². The first kappa shape index (κ1) is 32.3. The van der Waals surface area contributed by atoms with Crippen molar-refractivity contribution >= 4 is 20.0 Å². The highest BCUT2D eigenvalue weighted by Gasteiger charge is 2.68. The Morgan fingerprint density at radius 2 is 0.935 bits per heavy atom. The van der Waals surface area contributed by atoms with Crippen LogP contribution in [-0.2, 0) is 24.8 Å². The van der Waals surface area contributed by atoms with Crippen molar-refractivity contribution in [2.24, 2.45) is 0 Å². The topological polar surface area (TPSA) is 91.6 Å². The van der Waals surface area contributed by atoms with Crippen molar-refractivity contribution in [3.8, 4) is 0 Å². The van der Waals surface area contributed by atoms with Crippen molar-refractivity contribution in [2.75, 3.05) is 33.5 Å². The molecule has 0 heterocycles. The van der Waals surface area contributed by atoms with Crippen LogP contribution in [0, 0.1) is 0 Å². The Balaban J connectivity index is 0. The predicted molar refractivity (Wildman–Crippen MR) is 87.0 cm³/mol. The highest BCUT2D eigenvalue weighted by molar-refractivity contribution is 8.13. The minimum absolute atomic E-state index is 0.422. The van der Waals surface area contributed by atoms with Gasteiger partial charge in [-0.3, -0.25) is 0 Å². The van der Waals surface area contributed by atoms with Crippen molar-refractivity contribution in [3.63, 3.8) is 0 Å². The van der Waals surface area contributed by atoms with Gasteiger partial charge in [0.15, 0.2) is 26.8 Å². The summed E-state index contributed by atoms with van der Waals surface area (Å²) in [7, 11) is -13.5. The van der Waals surface area contributed by atoms with Crippen molar-refractivity contribution in [1.29, 1.82) is 0 Å². The fraction of sp³-hybridized carbons (Fsp3) is 1.00.